The van der Waals surface area contributed by atoms with Crippen molar-refractivity contribution < 1.29 is 25.8 Å². The first-order chi connectivity index (χ1) is 8.89. The molecule has 0 unspecified atom stereocenters. The van der Waals surface area contributed by atoms with Gasteiger partial charge in [-0.3, -0.25) is 9.17 Å². The van der Waals surface area contributed by atoms with Gasteiger partial charge in [0.25, 0.3) is 10.1 Å². The van der Waals surface area contributed by atoms with Crippen molar-refractivity contribution in [2.75, 3.05) is 12.9 Å². The molecular weight excluding hydrogens is 295 g/mol. The molecular formula is C12H16F3NO3S. The summed E-state index contributed by atoms with van der Waals surface area (Å²) < 4.78 is 64.2. The fourth-order valence-corrected chi connectivity index (χ4v) is 2.14. The second-order valence-electron chi connectivity index (χ2n) is 5.39. The van der Waals surface area contributed by atoms with Gasteiger partial charge in [0.2, 0.25) is 0 Å². The van der Waals surface area contributed by atoms with Crippen LogP contribution in [-0.2, 0) is 26.9 Å². The highest BCUT2D eigenvalue weighted by Gasteiger charge is 2.31. The molecule has 0 aliphatic carbocycles. The van der Waals surface area contributed by atoms with E-state index in [0.29, 0.717) is 5.56 Å². The van der Waals surface area contributed by atoms with Gasteiger partial charge in [0, 0.05) is 12.4 Å². The fraction of sp³-hybridized carbons (Fsp3) is 0.583. The van der Waals surface area contributed by atoms with Crippen LogP contribution in [0.15, 0.2) is 18.5 Å². The summed E-state index contributed by atoms with van der Waals surface area (Å²) >= 11 is 0. The van der Waals surface area contributed by atoms with E-state index in [4.69, 9.17) is 4.18 Å². The molecule has 0 amide bonds. The molecule has 0 N–H and O–H groups in total. The lowest BCUT2D eigenvalue weighted by atomic mass is 9.87. The van der Waals surface area contributed by atoms with Gasteiger partial charge in [0.1, 0.15) is 0 Å². The van der Waals surface area contributed by atoms with Gasteiger partial charge in [-0.15, -0.1) is 0 Å². The van der Waals surface area contributed by atoms with Gasteiger partial charge in [-0.05, 0) is 23.5 Å². The summed E-state index contributed by atoms with van der Waals surface area (Å²) in [4.78, 5) is 3.57. The lowest BCUT2D eigenvalue weighted by Crippen LogP contribution is -2.24. The lowest BCUT2D eigenvalue weighted by molar-refractivity contribution is -0.137. The first kappa shape index (κ1) is 16.9. The van der Waals surface area contributed by atoms with Crippen LogP contribution in [0, 0.1) is 5.41 Å². The third kappa shape index (κ3) is 5.87. The van der Waals surface area contributed by atoms with E-state index in [9.17, 15) is 21.6 Å². The van der Waals surface area contributed by atoms with E-state index >= 15 is 0 Å². The fourth-order valence-electron chi connectivity index (χ4n) is 1.61. The van der Waals surface area contributed by atoms with Crippen molar-refractivity contribution in [2.45, 2.75) is 26.4 Å². The Hall–Kier alpha value is -1.15. The van der Waals surface area contributed by atoms with Gasteiger partial charge < -0.3 is 0 Å². The highest BCUT2D eigenvalue weighted by molar-refractivity contribution is 7.85. The topological polar surface area (TPSA) is 56.3 Å². The summed E-state index contributed by atoms with van der Waals surface area (Å²) in [5.41, 5.74) is -1.08. The van der Waals surface area contributed by atoms with Gasteiger partial charge in [-0.2, -0.15) is 21.6 Å². The van der Waals surface area contributed by atoms with Gasteiger partial charge >= 0.3 is 6.18 Å². The molecule has 0 radical (unpaired) electrons. The zero-order chi connectivity index (χ0) is 15.6. The molecule has 0 aliphatic heterocycles. The molecule has 0 fully saturated rings. The number of nitrogens with zero attached hydrogens (tertiary/aromatic N) is 1. The Morgan fingerprint density at radius 2 is 1.85 bits per heavy atom. The van der Waals surface area contributed by atoms with Crippen LogP contribution < -0.4 is 0 Å². The van der Waals surface area contributed by atoms with E-state index in [1.54, 1.807) is 13.8 Å². The van der Waals surface area contributed by atoms with Crippen molar-refractivity contribution in [3.63, 3.8) is 0 Å². The van der Waals surface area contributed by atoms with Crippen LogP contribution in [0.3, 0.4) is 0 Å². The van der Waals surface area contributed by atoms with Crippen molar-refractivity contribution in [2.24, 2.45) is 5.41 Å². The molecule has 0 atom stereocenters. The Labute approximate surface area is 116 Å². The molecule has 4 nitrogen and oxygen atoms in total. The maximum Gasteiger partial charge on any atom is 0.417 e. The highest BCUT2D eigenvalue weighted by atomic mass is 32.2. The molecule has 114 valence electrons. The van der Waals surface area contributed by atoms with Crippen LogP contribution in [0.1, 0.15) is 25.0 Å². The number of pyridine rings is 1. The van der Waals surface area contributed by atoms with Crippen LogP contribution >= 0.6 is 0 Å². The van der Waals surface area contributed by atoms with Crippen LogP contribution in [0.4, 0.5) is 13.2 Å². The lowest BCUT2D eigenvalue weighted by Gasteiger charge is -2.23. The number of aromatic nitrogens is 1. The summed E-state index contributed by atoms with van der Waals surface area (Å²) in [6, 6.07) is 1.01. The summed E-state index contributed by atoms with van der Waals surface area (Å²) in [6.07, 6.45) is -1.22. The van der Waals surface area contributed by atoms with Gasteiger partial charge in [-0.1, -0.05) is 13.8 Å². The third-order valence-electron chi connectivity index (χ3n) is 2.47. The van der Waals surface area contributed by atoms with E-state index in [1.807, 2.05) is 0 Å². The quantitative estimate of drug-likeness (QED) is 0.785. The Bertz CT molecular complexity index is 568. The largest absolute Gasteiger partial charge is 0.417 e. The second kappa shape index (κ2) is 5.69. The van der Waals surface area contributed by atoms with Crippen molar-refractivity contribution in [3.8, 4) is 0 Å². The smallest absolute Gasteiger partial charge is 0.270 e. The number of rotatable bonds is 5. The molecule has 1 aromatic rings. The van der Waals surface area contributed by atoms with Gasteiger partial charge in [0.15, 0.2) is 0 Å². The molecule has 1 aromatic heterocycles. The van der Waals surface area contributed by atoms with E-state index < -0.39 is 27.3 Å². The van der Waals surface area contributed by atoms with Crippen LogP contribution in [0.2, 0.25) is 0 Å². The van der Waals surface area contributed by atoms with E-state index in [0.717, 1.165) is 18.5 Å². The number of hydrogen-bond acceptors (Lipinski definition) is 4. The predicted molar refractivity (Wildman–Crippen MR) is 67.5 cm³/mol. The summed E-state index contributed by atoms with van der Waals surface area (Å²) in [5, 5.41) is 0. The molecule has 0 saturated carbocycles. The Balaban J connectivity index is 2.82. The first-order valence-electron chi connectivity index (χ1n) is 5.75. The molecule has 1 rings (SSSR count). The molecule has 1 heterocycles. The van der Waals surface area contributed by atoms with Crippen molar-refractivity contribution in [3.05, 3.63) is 29.6 Å². The van der Waals surface area contributed by atoms with E-state index in [2.05, 4.69) is 4.98 Å². The zero-order valence-electron chi connectivity index (χ0n) is 11.4. The Kier molecular flexibility index (Phi) is 4.81. The van der Waals surface area contributed by atoms with Crippen molar-refractivity contribution in [1.29, 1.82) is 0 Å². The summed E-state index contributed by atoms with van der Waals surface area (Å²) in [6.45, 7) is 3.30. The molecule has 0 bridgehead atoms. The normalized spacial score (nSPS) is 13.5. The van der Waals surface area contributed by atoms with Gasteiger partial charge in [-0.25, -0.2) is 0 Å². The minimum atomic E-state index is -4.45. The maximum absolute atomic E-state index is 12.6. The van der Waals surface area contributed by atoms with Crippen molar-refractivity contribution in [1.82, 2.24) is 4.98 Å². The number of hydrogen-bond donors (Lipinski definition) is 0. The summed E-state index contributed by atoms with van der Waals surface area (Å²) in [7, 11) is -3.58. The van der Waals surface area contributed by atoms with Crippen LogP contribution in [0.5, 0.6) is 0 Å². The monoisotopic (exact) mass is 311 g/mol. The summed E-state index contributed by atoms with van der Waals surface area (Å²) in [5.74, 6) is 0. The maximum atomic E-state index is 12.6. The van der Waals surface area contributed by atoms with E-state index in [-0.39, 0.29) is 13.0 Å². The molecule has 0 spiro atoms. The predicted octanol–water partition coefficient (Wildman–Crippen LogP) is 2.65. The average Bonchev–Trinajstić information content (AvgIpc) is 2.24. The zero-order valence-corrected chi connectivity index (χ0v) is 12.2. The third-order valence-corrected chi connectivity index (χ3v) is 3.01. The SMILES string of the molecule is CC(C)(COS(C)(=O)=O)Cc1cncc(C(F)(F)F)c1. The molecule has 0 aromatic carbocycles. The number of alkyl halides is 3. The van der Waals surface area contributed by atoms with Crippen LogP contribution in [-0.4, -0.2) is 26.3 Å². The highest BCUT2D eigenvalue weighted by Crippen LogP contribution is 2.30. The molecule has 0 saturated heterocycles. The van der Waals surface area contributed by atoms with Crippen molar-refractivity contribution >= 4 is 10.1 Å². The molecule has 0 aliphatic rings. The van der Waals surface area contributed by atoms with Crippen LogP contribution in [0.25, 0.3) is 0 Å². The van der Waals surface area contributed by atoms with E-state index in [1.165, 1.54) is 6.20 Å². The standard InChI is InChI=1S/C12H16F3NO3S/c1-11(2,8-19-20(3,17)18)5-9-4-10(7-16-6-9)12(13,14)15/h4,6-7H,5,8H2,1-3H3. The average molecular weight is 311 g/mol. The first-order valence-corrected chi connectivity index (χ1v) is 7.56. The Morgan fingerprint density at radius 3 is 2.35 bits per heavy atom. The minimum absolute atomic E-state index is 0.109. The second-order valence-corrected chi connectivity index (χ2v) is 7.03. The molecule has 20 heavy (non-hydrogen) atoms. The Morgan fingerprint density at radius 1 is 1.25 bits per heavy atom. The minimum Gasteiger partial charge on any atom is -0.270 e. The van der Waals surface area contributed by atoms with Gasteiger partial charge in [0.05, 0.1) is 18.4 Å². The number of halogens is 3. The molecule has 8 heteroatoms.